The molecule has 0 aliphatic carbocycles. The molecule has 0 bridgehead atoms. The van der Waals surface area contributed by atoms with Crippen LogP contribution in [0.3, 0.4) is 0 Å². The molecule has 2 aromatic rings. The minimum Gasteiger partial charge on any atom is -0.356 e. The first-order valence-corrected chi connectivity index (χ1v) is 5.85. The van der Waals surface area contributed by atoms with E-state index in [1.165, 1.54) is 5.56 Å². The van der Waals surface area contributed by atoms with Gasteiger partial charge >= 0.3 is 0 Å². The molecule has 0 saturated heterocycles. The van der Waals surface area contributed by atoms with E-state index in [1.807, 2.05) is 26.0 Å². The third-order valence-electron chi connectivity index (χ3n) is 2.93. The molecule has 94 valence electrons. The highest BCUT2D eigenvalue weighted by molar-refractivity contribution is 5.87. The molecule has 0 radical (unpaired) electrons. The summed E-state index contributed by atoms with van der Waals surface area (Å²) in [5.74, 6) is -0.0803. The largest absolute Gasteiger partial charge is 0.356 e. The Kier molecular flexibility index (Phi) is 3.46. The number of amides is 1. The van der Waals surface area contributed by atoms with Crippen LogP contribution in [0.25, 0.3) is 11.0 Å². The van der Waals surface area contributed by atoms with Crippen LogP contribution in [0.15, 0.2) is 29.3 Å². The minimum atomic E-state index is -0.0803. The summed E-state index contributed by atoms with van der Waals surface area (Å²) in [6.07, 6.45) is 1.87. The van der Waals surface area contributed by atoms with Crippen LogP contribution >= 0.6 is 0 Å². The number of hydrogen-bond acceptors (Lipinski definition) is 3. The highest BCUT2D eigenvalue weighted by Gasteiger charge is 2.12. The summed E-state index contributed by atoms with van der Waals surface area (Å²) in [6.45, 7) is 8.07. The lowest BCUT2D eigenvalue weighted by atomic mass is 10.1. The van der Waals surface area contributed by atoms with Gasteiger partial charge in [-0.3, -0.25) is 4.79 Å². The van der Waals surface area contributed by atoms with Gasteiger partial charge in [0, 0.05) is 11.9 Å². The SMILES string of the molecule is C=CCNC(=O)Cc1noc2cc(C)c(C)cc12. The van der Waals surface area contributed by atoms with Gasteiger partial charge < -0.3 is 9.84 Å². The molecule has 4 nitrogen and oxygen atoms in total. The van der Waals surface area contributed by atoms with Crippen LogP contribution in [-0.4, -0.2) is 17.6 Å². The number of rotatable bonds is 4. The summed E-state index contributed by atoms with van der Waals surface area (Å²) < 4.78 is 5.24. The van der Waals surface area contributed by atoms with Crippen molar-refractivity contribution in [2.75, 3.05) is 6.54 Å². The molecule has 0 saturated carbocycles. The van der Waals surface area contributed by atoms with Crippen molar-refractivity contribution in [1.82, 2.24) is 10.5 Å². The van der Waals surface area contributed by atoms with Crippen LogP contribution in [0.4, 0.5) is 0 Å². The van der Waals surface area contributed by atoms with Crippen LogP contribution < -0.4 is 5.32 Å². The van der Waals surface area contributed by atoms with Crippen molar-refractivity contribution in [3.63, 3.8) is 0 Å². The Labute approximate surface area is 106 Å². The summed E-state index contributed by atoms with van der Waals surface area (Å²) in [6, 6.07) is 3.96. The Hall–Kier alpha value is -2.10. The average Bonchev–Trinajstić information content (AvgIpc) is 2.70. The highest BCUT2D eigenvalue weighted by Crippen LogP contribution is 2.22. The van der Waals surface area contributed by atoms with E-state index in [-0.39, 0.29) is 12.3 Å². The number of aromatic nitrogens is 1. The topological polar surface area (TPSA) is 55.1 Å². The summed E-state index contributed by atoms with van der Waals surface area (Å²) in [4.78, 5) is 11.6. The van der Waals surface area contributed by atoms with E-state index in [9.17, 15) is 4.79 Å². The lowest BCUT2D eigenvalue weighted by Gasteiger charge is -2.01. The quantitative estimate of drug-likeness (QED) is 0.839. The minimum absolute atomic E-state index is 0.0803. The molecule has 0 atom stereocenters. The van der Waals surface area contributed by atoms with Crippen molar-refractivity contribution in [1.29, 1.82) is 0 Å². The molecular weight excluding hydrogens is 228 g/mol. The second kappa shape index (κ2) is 5.04. The molecule has 1 amide bonds. The average molecular weight is 244 g/mol. The molecule has 0 aliphatic rings. The number of fused-ring (bicyclic) bond motifs is 1. The molecule has 18 heavy (non-hydrogen) atoms. The number of benzene rings is 1. The first-order chi connectivity index (χ1) is 8.61. The first kappa shape index (κ1) is 12.4. The molecule has 0 unspecified atom stereocenters. The van der Waals surface area contributed by atoms with Gasteiger partial charge in [0.15, 0.2) is 5.58 Å². The van der Waals surface area contributed by atoms with Crippen LogP contribution in [0.5, 0.6) is 0 Å². The maximum atomic E-state index is 11.6. The van der Waals surface area contributed by atoms with Crippen LogP contribution in [0, 0.1) is 13.8 Å². The molecule has 0 spiro atoms. The van der Waals surface area contributed by atoms with E-state index in [4.69, 9.17) is 4.52 Å². The van der Waals surface area contributed by atoms with E-state index >= 15 is 0 Å². The van der Waals surface area contributed by atoms with Gasteiger partial charge in [-0.15, -0.1) is 6.58 Å². The van der Waals surface area contributed by atoms with Gasteiger partial charge in [-0.05, 0) is 37.1 Å². The van der Waals surface area contributed by atoms with E-state index in [0.717, 1.165) is 16.5 Å². The summed E-state index contributed by atoms with van der Waals surface area (Å²) in [5, 5.41) is 7.60. The molecule has 1 aromatic carbocycles. The number of hydrogen-bond donors (Lipinski definition) is 1. The van der Waals surface area contributed by atoms with E-state index in [2.05, 4.69) is 17.1 Å². The number of carbonyl (C=O) groups excluding carboxylic acids is 1. The molecule has 1 heterocycles. The lowest BCUT2D eigenvalue weighted by Crippen LogP contribution is -2.25. The molecule has 1 N–H and O–H groups in total. The highest BCUT2D eigenvalue weighted by atomic mass is 16.5. The van der Waals surface area contributed by atoms with E-state index in [1.54, 1.807) is 6.08 Å². The monoisotopic (exact) mass is 244 g/mol. The maximum Gasteiger partial charge on any atom is 0.226 e. The Morgan fingerprint density at radius 1 is 1.44 bits per heavy atom. The Morgan fingerprint density at radius 2 is 2.17 bits per heavy atom. The molecular formula is C14H16N2O2. The Morgan fingerprint density at radius 3 is 2.89 bits per heavy atom. The summed E-state index contributed by atoms with van der Waals surface area (Å²) >= 11 is 0. The zero-order chi connectivity index (χ0) is 13.1. The molecule has 0 aliphatic heterocycles. The van der Waals surface area contributed by atoms with Crippen molar-refractivity contribution < 1.29 is 9.32 Å². The fourth-order valence-electron chi connectivity index (χ4n) is 1.77. The first-order valence-electron chi connectivity index (χ1n) is 5.85. The Balaban J connectivity index is 2.26. The van der Waals surface area contributed by atoms with Gasteiger partial charge in [-0.25, -0.2) is 0 Å². The third kappa shape index (κ3) is 2.42. The maximum absolute atomic E-state index is 11.6. The van der Waals surface area contributed by atoms with E-state index < -0.39 is 0 Å². The number of carbonyl (C=O) groups is 1. The van der Waals surface area contributed by atoms with Gasteiger partial charge in [0.25, 0.3) is 0 Å². The third-order valence-corrected chi connectivity index (χ3v) is 2.93. The van der Waals surface area contributed by atoms with Gasteiger partial charge in [-0.1, -0.05) is 11.2 Å². The summed E-state index contributed by atoms with van der Waals surface area (Å²) in [7, 11) is 0. The van der Waals surface area contributed by atoms with Crippen molar-refractivity contribution in [2.24, 2.45) is 0 Å². The van der Waals surface area contributed by atoms with Crippen molar-refractivity contribution >= 4 is 16.9 Å². The van der Waals surface area contributed by atoms with E-state index in [0.29, 0.717) is 12.2 Å². The van der Waals surface area contributed by atoms with Gasteiger partial charge in [-0.2, -0.15) is 0 Å². The Bertz CT molecular complexity index is 599. The fraction of sp³-hybridized carbons (Fsp3) is 0.286. The zero-order valence-corrected chi connectivity index (χ0v) is 10.6. The normalized spacial score (nSPS) is 10.6. The fourth-order valence-corrected chi connectivity index (χ4v) is 1.77. The number of nitrogens with one attached hydrogen (secondary N) is 1. The smallest absolute Gasteiger partial charge is 0.226 e. The molecule has 0 fully saturated rings. The van der Waals surface area contributed by atoms with Crippen molar-refractivity contribution in [2.45, 2.75) is 20.3 Å². The molecule has 2 rings (SSSR count). The van der Waals surface area contributed by atoms with Gasteiger partial charge in [0.1, 0.15) is 5.69 Å². The standard InChI is InChI=1S/C14H16N2O2/c1-4-5-15-14(17)8-12-11-6-9(2)10(3)7-13(11)18-16-12/h4,6-7H,1,5,8H2,2-3H3,(H,15,17). The van der Waals surface area contributed by atoms with Gasteiger partial charge in [0.05, 0.1) is 6.42 Å². The second-order valence-corrected chi connectivity index (χ2v) is 4.33. The van der Waals surface area contributed by atoms with Crippen LogP contribution in [-0.2, 0) is 11.2 Å². The number of nitrogens with zero attached hydrogens (tertiary/aromatic N) is 1. The van der Waals surface area contributed by atoms with Crippen molar-refractivity contribution in [3.8, 4) is 0 Å². The lowest BCUT2D eigenvalue weighted by molar-refractivity contribution is -0.120. The predicted molar refractivity (Wildman–Crippen MR) is 70.4 cm³/mol. The number of aryl methyl sites for hydroxylation is 2. The van der Waals surface area contributed by atoms with Crippen LogP contribution in [0.1, 0.15) is 16.8 Å². The van der Waals surface area contributed by atoms with Gasteiger partial charge in [0.2, 0.25) is 5.91 Å². The predicted octanol–water partition coefficient (Wildman–Crippen LogP) is 2.29. The summed E-state index contributed by atoms with van der Waals surface area (Å²) in [5.41, 5.74) is 3.72. The van der Waals surface area contributed by atoms with Crippen LogP contribution in [0.2, 0.25) is 0 Å². The molecule has 4 heteroatoms. The molecule has 1 aromatic heterocycles. The second-order valence-electron chi connectivity index (χ2n) is 4.33. The van der Waals surface area contributed by atoms with Crippen molar-refractivity contribution in [3.05, 3.63) is 41.6 Å². The zero-order valence-electron chi connectivity index (χ0n) is 10.6.